The number of methoxy groups -OCH3 is 1. The monoisotopic (exact) mass is 437 g/mol. The lowest BCUT2D eigenvalue weighted by molar-refractivity contribution is 0.111. The van der Waals surface area contributed by atoms with Crippen LogP contribution in [0, 0.1) is 0 Å². The number of aliphatic imine (C=N–C) groups is 1. The summed E-state index contributed by atoms with van der Waals surface area (Å²) in [5.41, 5.74) is 4.17. The van der Waals surface area contributed by atoms with E-state index in [2.05, 4.69) is 23.1 Å². The summed E-state index contributed by atoms with van der Waals surface area (Å²) in [6, 6.07) is 8.47. The number of hydrogen-bond acceptors (Lipinski definition) is 7. The molecule has 1 aliphatic carbocycles. The van der Waals surface area contributed by atoms with Gasteiger partial charge in [-0.2, -0.15) is 0 Å². The van der Waals surface area contributed by atoms with Gasteiger partial charge in [0.15, 0.2) is 11.5 Å². The summed E-state index contributed by atoms with van der Waals surface area (Å²) in [5.74, 6) is 2.60. The lowest BCUT2D eigenvalue weighted by atomic mass is 9.74. The average molecular weight is 438 g/mol. The standard InChI is InChI=1S/C25H31N3O4/c1-3-32-23-13-18-19-12-17(29)5-6-21(19)27-25(20(18)14-22(23)30-2)16-4-7-24(26-15-16)28-8-10-31-11-9-28/h4,7,13-15,17,19,21,29H,3,5-6,8-12H2,1-2H3. The second kappa shape index (κ2) is 9.08. The van der Waals surface area contributed by atoms with Crippen LogP contribution in [0.4, 0.5) is 5.82 Å². The van der Waals surface area contributed by atoms with E-state index in [9.17, 15) is 5.11 Å². The Hall–Kier alpha value is -2.64. The first-order chi connectivity index (χ1) is 15.7. The number of rotatable bonds is 5. The maximum Gasteiger partial charge on any atom is 0.161 e. The summed E-state index contributed by atoms with van der Waals surface area (Å²) < 4.78 is 17.0. The van der Waals surface area contributed by atoms with Crippen molar-refractivity contribution in [2.24, 2.45) is 4.99 Å². The fraction of sp³-hybridized carbons (Fsp3) is 0.520. The quantitative estimate of drug-likeness (QED) is 0.774. The Morgan fingerprint density at radius 1 is 1.16 bits per heavy atom. The Morgan fingerprint density at radius 2 is 2.00 bits per heavy atom. The van der Waals surface area contributed by atoms with Crippen LogP contribution < -0.4 is 14.4 Å². The molecule has 2 aliphatic heterocycles. The molecule has 1 saturated heterocycles. The van der Waals surface area contributed by atoms with E-state index >= 15 is 0 Å². The van der Waals surface area contributed by atoms with E-state index < -0.39 is 0 Å². The fourth-order valence-electron chi connectivity index (χ4n) is 5.11. The second-order valence-corrected chi connectivity index (χ2v) is 8.65. The number of anilines is 1. The number of pyridine rings is 1. The molecule has 0 amide bonds. The fourth-order valence-corrected chi connectivity index (χ4v) is 5.11. The van der Waals surface area contributed by atoms with E-state index in [0.29, 0.717) is 12.4 Å². The van der Waals surface area contributed by atoms with Gasteiger partial charge in [-0.15, -0.1) is 0 Å². The van der Waals surface area contributed by atoms with E-state index in [-0.39, 0.29) is 18.1 Å². The lowest BCUT2D eigenvalue weighted by Gasteiger charge is -2.37. The van der Waals surface area contributed by atoms with Gasteiger partial charge in [0.05, 0.1) is 44.8 Å². The molecule has 2 aromatic rings. The van der Waals surface area contributed by atoms with Crippen molar-refractivity contribution in [2.75, 3.05) is 44.9 Å². The molecule has 7 heteroatoms. The normalized spacial score (nSPS) is 24.9. The van der Waals surface area contributed by atoms with Crippen molar-refractivity contribution < 1.29 is 19.3 Å². The van der Waals surface area contributed by atoms with Gasteiger partial charge >= 0.3 is 0 Å². The van der Waals surface area contributed by atoms with Crippen molar-refractivity contribution in [3.8, 4) is 11.5 Å². The van der Waals surface area contributed by atoms with Crippen LogP contribution >= 0.6 is 0 Å². The van der Waals surface area contributed by atoms with Crippen molar-refractivity contribution in [1.82, 2.24) is 4.98 Å². The second-order valence-electron chi connectivity index (χ2n) is 8.65. The number of ether oxygens (including phenoxy) is 3. The van der Waals surface area contributed by atoms with Crippen molar-refractivity contribution in [3.05, 3.63) is 47.2 Å². The van der Waals surface area contributed by atoms with Gasteiger partial charge in [-0.25, -0.2) is 4.98 Å². The Labute approximate surface area is 189 Å². The third-order valence-electron chi connectivity index (χ3n) is 6.73. The number of aliphatic hydroxyl groups is 1. The number of nitrogens with zero attached hydrogens (tertiary/aromatic N) is 3. The summed E-state index contributed by atoms with van der Waals surface area (Å²) in [5, 5.41) is 10.4. The first-order valence-electron chi connectivity index (χ1n) is 11.6. The molecule has 3 aliphatic rings. The highest BCUT2D eigenvalue weighted by Gasteiger charge is 2.37. The number of fused-ring (bicyclic) bond motifs is 3. The summed E-state index contributed by atoms with van der Waals surface area (Å²) in [4.78, 5) is 12.2. The number of benzene rings is 1. The highest BCUT2D eigenvalue weighted by molar-refractivity contribution is 6.15. The molecular formula is C25H31N3O4. The molecule has 0 bridgehead atoms. The van der Waals surface area contributed by atoms with Crippen LogP contribution in [0.15, 0.2) is 35.5 Å². The van der Waals surface area contributed by atoms with Crippen LogP contribution in [0.5, 0.6) is 11.5 Å². The predicted molar refractivity (Wildman–Crippen MR) is 123 cm³/mol. The predicted octanol–water partition coefficient (Wildman–Crippen LogP) is 3.17. The lowest BCUT2D eigenvalue weighted by Crippen LogP contribution is -2.36. The smallest absolute Gasteiger partial charge is 0.161 e. The van der Waals surface area contributed by atoms with Gasteiger partial charge in [-0.05, 0) is 56.0 Å². The van der Waals surface area contributed by atoms with E-state index in [1.807, 2.05) is 19.2 Å². The summed E-state index contributed by atoms with van der Waals surface area (Å²) >= 11 is 0. The molecule has 1 saturated carbocycles. The highest BCUT2D eigenvalue weighted by atomic mass is 16.5. The van der Waals surface area contributed by atoms with Crippen LogP contribution in [0.25, 0.3) is 0 Å². The van der Waals surface area contributed by atoms with Crippen LogP contribution in [-0.2, 0) is 4.74 Å². The molecule has 0 spiro atoms. The number of aliphatic hydroxyl groups excluding tert-OH is 1. The summed E-state index contributed by atoms with van der Waals surface area (Å²) in [6.07, 6.45) is 4.03. The van der Waals surface area contributed by atoms with Crippen LogP contribution in [-0.4, -0.2) is 68.0 Å². The Bertz CT molecular complexity index is 985. The molecule has 3 unspecified atom stereocenters. The molecule has 32 heavy (non-hydrogen) atoms. The van der Waals surface area contributed by atoms with E-state index in [1.165, 1.54) is 5.56 Å². The van der Waals surface area contributed by atoms with Crippen LogP contribution in [0.3, 0.4) is 0 Å². The first-order valence-corrected chi connectivity index (χ1v) is 11.6. The molecule has 1 aromatic heterocycles. The SMILES string of the molecule is CCOc1cc2c(cc1OC)C(c1ccc(N3CCOCC3)nc1)=NC1CCC(O)CC21. The van der Waals surface area contributed by atoms with E-state index in [4.69, 9.17) is 24.2 Å². The third kappa shape index (κ3) is 3.95. The third-order valence-corrected chi connectivity index (χ3v) is 6.73. The Balaban J connectivity index is 1.55. The summed E-state index contributed by atoms with van der Waals surface area (Å²) in [6.45, 7) is 5.74. The highest BCUT2D eigenvalue weighted by Crippen LogP contribution is 2.45. The minimum Gasteiger partial charge on any atom is -0.493 e. The van der Waals surface area contributed by atoms with Gasteiger partial charge < -0.3 is 24.2 Å². The van der Waals surface area contributed by atoms with Gasteiger partial charge in [0, 0.05) is 36.3 Å². The molecule has 7 nitrogen and oxygen atoms in total. The first kappa shape index (κ1) is 21.2. The molecule has 3 atom stereocenters. The number of aromatic nitrogens is 1. The molecule has 0 radical (unpaired) electrons. The average Bonchev–Trinajstić information content (AvgIpc) is 2.84. The summed E-state index contributed by atoms with van der Waals surface area (Å²) in [7, 11) is 1.66. The zero-order valence-electron chi connectivity index (χ0n) is 18.8. The molecule has 3 heterocycles. The van der Waals surface area contributed by atoms with Gasteiger partial charge in [0.2, 0.25) is 0 Å². The Morgan fingerprint density at radius 3 is 2.72 bits per heavy atom. The zero-order valence-corrected chi connectivity index (χ0v) is 18.8. The molecule has 5 rings (SSSR count). The van der Waals surface area contributed by atoms with Crippen molar-refractivity contribution in [3.63, 3.8) is 0 Å². The Kier molecular flexibility index (Phi) is 6.02. The molecule has 2 fully saturated rings. The largest absolute Gasteiger partial charge is 0.493 e. The number of hydrogen-bond donors (Lipinski definition) is 1. The maximum absolute atomic E-state index is 10.4. The van der Waals surface area contributed by atoms with Crippen LogP contribution in [0.1, 0.15) is 48.8 Å². The zero-order chi connectivity index (χ0) is 22.1. The minimum absolute atomic E-state index is 0.155. The molecular weight excluding hydrogens is 406 g/mol. The minimum atomic E-state index is -0.284. The van der Waals surface area contributed by atoms with Crippen molar-refractivity contribution >= 4 is 11.5 Å². The molecule has 1 N–H and O–H groups in total. The van der Waals surface area contributed by atoms with Crippen LogP contribution in [0.2, 0.25) is 0 Å². The van der Waals surface area contributed by atoms with E-state index in [1.54, 1.807) is 7.11 Å². The number of morpholine rings is 1. The molecule has 170 valence electrons. The van der Waals surface area contributed by atoms with Gasteiger partial charge in [-0.1, -0.05) is 0 Å². The topological polar surface area (TPSA) is 76.4 Å². The maximum atomic E-state index is 10.4. The van der Waals surface area contributed by atoms with Crippen molar-refractivity contribution in [2.45, 2.75) is 44.2 Å². The van der Waals surface area contributed by atoms with Gasteiger partial charge in [0.25, 0.3) is 0 Å². The van der Waals surface area contributed by atoms with E-state index in [0.717, 1.165) is 74.0 Å². The van der Waals surface area contributed by atoms with Crippen molar-refractivity contribution in [1.29, 1.82) is 0 Å². The molecule has 1 aromatic carbocycles. The van der Waals surface area contributed by atoms with Gasteiger partial charge in [0.1, 0.15) is 5.82 Å². The van der Waals surface area contributed by atoms with Gasteiger partial charge in [-0.3, -0.25) is 4.99 Å².